The molecule has 0 bridgehead atoms. The number of sulfonamides is 1. The van der Waals surface area contributed by atoms with Gasteiger partial charge in [0.05, 0.1) is 10.4 Å². The van der Waals surface area contributed by atoms with E-state index in [0.29, 0.717) is 12.0 Å². The first-order valence-electron chi connectivity index (χ1n) is 7.33. The summed E-state index contributed by atoms with van der Waals surface area (Å²) in [5, 5.41) is 10.1. The molecule has 0 spiro atoms. The molecule has 1 heterocycles. The lowest BCUT2D eigenvalue weighted by Crippen LogP contribution is -2.27. The van der Waals surface area contributed by atoms with Crippen molar-refractivity contribution in [2.45, 2.75) is 20.3 Å². The minimum absolute atomic E-state index is 0.0776. The molecule has 0 amide bonds. The first-order valence-corrected chi connectivity index (χ1v) is 8.81. The van der Waals surface area contributed by atoms with E-state index in [9.17, 15) is 18.3 Å². The van der Waals surface area contributed by atoms with Crippen molar-refractivity contribution in [3.05, 3.63) is 58.8 Å². The zero-order valence-electron chi connectivity index (χ0n) is 13.4. The number of hydrogen-bond acceptors (Lipinski definition) is 4. The highest BCUT2D eigenvalue weighted by Crippen LogP contribution is 2.15. The van der Waals surface area contributed by atoms with Gasteiger partial charge in [-0.1, -0.05) is 31.2 Å². The van der Waals surface area contributed by atoms with Crippen LogP contribution in [0.5, 0.6) is 0 Å². The van der Waals surface area contributed by atoms with Crippen LogP contribution >= 0.6 is 0 Å². The monoisotopic (exact) mass is 346 g/mol. The Labute approximate surface area is 140 Å². The quantitative estimate of drug-likeness (QED) is 0.784. The molecule has 2 N–H and O–H groups in total. The predicted octanol–water partition coefficient (Wildman–Crippen LogP) is 2.89. The van der Waals surface area contributed by atoms with E-state index in [1.54, 1.807) is 13.0 Å². The summed E-state index contributed by atoms with van der Waals surface area (Å²) in [7, 11) is -3.89. The first-order chi connectivity index (χ1) is 11.3. The Kier molecular flexibility index (Phi) is 5.35. The maximum absolute atomic E-state index is 12.1. The van der Waals surface area contributed by atoms with Crippen LogP contribution in [0.2, 0.25) is 0 Å². The van der Waals surface area contributed by atoms with Crippen LogP contribution in [0, 0.1) is 0 Å². The van der Waals surface area contributed by atoms with Crippen molar-refractivity contribution in [2.24, 2.45) is 0 Å². The zero-order valence-corrected chi connectivity index (χ0v) is 14.2. The van der Waals surface area contributed by atoms with E-state index < -0.39 is 21.7 Å². The van der Waals surface area contributed by atoms with Crippen LogP contribution in [-0.4, -0.2) is 24.5 Å². The van der Waals surface area contributed by atoms with Gasteiger partial charge in [-0.3, -0.25) is 9.71 Å². The fraction of sp³-hybridized carbons (Fsp3) is 0.176. The van der Waals surface area contributed by atoms with E-state index in [0.717, 1.165) is 10.9 Å². The molecule has 24 heavy (non-hydrogen) atoms. The molecular weight excluding hydrogens is 328 g/mol. The maximum Gasteiger partial charge on any atom is 0.352 e. The third-order valence-electron chi connectivity index (χ3n) is 3.31. The molecule has 0 fully saturated rings. The second kappa shape index (κ2) is 7.27. The Morgan fingerprint density at radius 2 is 2.04 bits per heavy atom. The normalized spacial score (nSPS) is 13.1. The summed E-state index contributed by atoms with van der Waals surface area (Å²) in [6.45, 7) is 3.22. The van der Waals surface area contributed by atoms with Crippen molar-refractivity contribution in [3.8, 4) is 0 Å². The third kappa shape index (κ3) is 4.20. The van der Waals surface area contributed by atoms with Crippen LogP contribution in [0.1, 0.15) is 25.8 Å². The molecule has 0 atom stereocenters. The third-order valence-corrected chi connectivity index (χ3v) is 4.82. The Balaban J connectivity index is 2.40. The number of rotatable bonds is 6. The highest BCUT2D eigenvalue weighted by atomic mass is 32.2. The second-order valence-corrected chi connectivity index (χ2v) is 7.01. The minimum atomic E-state index is -3.89. The lowest BCUT2D eigenvalue weighted by molar-refractivity contribution is -0.132. The first kappa shape index (κ1) is 17.7. The summed E-state index contributed by atoms with van der Waals surface area (Å²) >= 11 is 0. The Morgan fingerprint density at radius 1 is 1.33 bits per heavy atom. The second-order valence-electron chi connectivity index (χ2n) is 5.15. The number of para-hydroxylation sites is 1. The summed E-state index contributed by atoms with van der Waals surface area (Å²) in [6, 6.07) is 9.12. The number of fused-ring (bicyclic) bond motifs is 1. The van der Waals surface area contributed by atoms with Gasteiger partial charge in [-0.25, -0.2) is 13.2 Å². The van der Waals surface area contributed by atoms with E-state index in [-0.39, 0.29) is 4.91 Å². The fourth-order valence-electron chi connectivity index (χ4n) is 2.09. The number of benzene rings is 1. The highest BCUT2D eigenvalue weighted by Gasteiger charge is 2.18. The summed E-state index contributed by atoms with van der Waals surface area (Å²) in [4.78, 5) is 15.7. The minimum Gasteiger partial charge on any atom is -0.477 e. The number of hydrogen-bond donors (Lipinski definition) is 2. The van der Waals surface area contributed by atoms with E-state index in [4.69, 9.17) is 0 Å². The number of aliphatic carboxylic acids is 1. The topological polar surface area (TPSA) is 96.4 Å². The molecule has 0 aliphatic rings. The predicted molar refractivity (Wildman–Crippen MR) is 93.5 cm³/mol. The summed E-state index contributed by atoms with van der Waals surface area (Å²) in [5.74, 6) is -1.36. The van der Waals surface area contributed by atoms with Gasteiger partial charge in [0.25, 0.3) is 10.0 Å². The standard InChI is InChI=1S/C17H18N2O4S/c1-3-6-12(2)24(22,23)19-16(17(20)21)10-13-9-14-7-4-5-8-15(14)18-11-13/h4-11,19H,3H2,1-2H3,(H,20,21). The summed E-state index contributed by atoms with van der Waals surface area (Å²) < 4.78 is 26.4. The molecule has 2 aromatic rings. The van der Waals surface area contributed by atoms with Crippen molar-refractivity contribution in [2.75, 3.05) is 0 Å². The molecule has 0 saturated carbocycles. The van der Waals surface area contributed by atoms with E-state index >= 15 is 0 Å². The zero-order chi connectivity index (χ0) is 17.7. The van der Waals surface area contributed by atoms with Crippen LogP contribution in [0.3, 0.4) is 0 Å². The summed E-state index contributed by atoms with van der Waals surface area (Å²) in [5.41, 5.74) is 0.829. The van der Waals surface area contributed by atoms with Gasteiger partial charge in [-0.15, -0.1) is 0 Å². The number of carboxylic acid groups (broad SMARTS) is 1. The van der Waals surface area contributed by atoms with Gasteiger partial charge in [0.2, 0.25) is 0 Å². The molecule has 0 saturated heterocycles. The molecule has 1 aromatic carbocycles. The van der Waals surface area contributed by atoms with Crippen molar-refractivity contribution < 1.29 is 18.3 Å². The molecule has 126 valence electrons. The lowest BCUT2D eigenvalue weighted by Gasteiger charge is -2.09. The van der Waals surface area contributed by atoms with Crippen molar-refractivity contribution >= 4 is 33.0 Å². The largest absolute Gasteiger partial charge is 0.477 e. The molecule has 0 aliphatic carbocycles. The fourth-order valence-corrected chi connectivity index (χ4v) is 3.07. The van der Waals surface area contributed by atoms with Crippen LogP contribution in [0.15, 0.2) is 53.2 Å². The molecule has 7 heteroatoms. The van der Waals surface area contributed by atoms with Crippen LogP contribution < -0.4 is 4.72 Å². The van der Waals surface area contributed by atoms with Crippen molar-refractivity contribution in [3.63, 3.8) is 0 Å². The molecular formula is C17H18N2O4S. The molecule has 0 unspecified atom stereocenters. The number of allylic oxidation sites excluding steroid dienone is 2. The molecule has 6 nitrogen and oxygen atoms in total. The van der Waals surface area contributed by atoms with Crippen molar-refractivity contribution in [1.29, 1.82) is 0 Å². The number of carboxylic acids is 1. The number of pyridine rings is 1. The Bertz CT molecular complexity index is 931. The van der Waals surface area contributed by atoms with Crippen molar-refractivity contribution in [1.82, 2.24) is 9.71 Å². The Hall–Kier alpha value is -2.67. The number of carbonyl (C=O) groups is 1. The molecule has 1 aromatic heterocycles. The molecule has 0 radical (unpaired) electrons. The van der Waals surface area contributed by atoms with Crippen LogP contribution in [-0.2, 0) is 14.8 Å². The average molecular weight is 346 g/mol. The molecule has 2 rings (SSSR count). The SMILES string of the molecule is CCC=C(C)S(=O)(=O)NC(=Cc1cnc2ccccc2c1)C(=O)O. The van der Waals surface area contributed by atoms with E-state index in [2.05, 4.69) is 9.71 Å². The van der Waals surface area contributed by atoms with Gasteiger partial charge < -0.3 is 5.11 Å². The van der Waals surface area contributed by atoms with Crippen LogP contribution in [0.25, 0.3) is 17.0 Å². The van der Waals surface area contributed by atoms with Gasteiger partial charge >= 0.3 is 5.97 Å². The van der Waals surface area contributed by atoms with Gasteiger partial charge in [0, 0.05) is 11.6 Å². The van der Waals surface area contributed by atoms with E-state index in [1.165, 1.54) is 25.3 Å². The highest BCUT2D eigenvalue weighted by molar-refractivity contribution is 7.93. The van der Waals surface area contributed by atoms with Gasteiger partial charge in [0.1, 0.15) is 5.70 Å². The van der Waals surface area contributed by atoms with E-state index in [1.807, 2.05) is 24.3 Å². The number of aromatic nitrogens is 1. The molecule has 0 aliphatic heterocycles. The van der Waals surface area contributed by atoms with Crippen LogP contribution in [0.4, 0.5) is 0 Å². The Morgan fingerprint density at radius 3 is 2.71 bits per heavy atom. The van der Waals surface area contributed by atoms with Gasteiger partial charge in [-0.2, -0.15) is 0 Å². The number of nitrogens with zero attached hydrogens (tertiary/aromatic N) is 1. The maximum atomic E-state index is 12.1. The van der Waals surface area contributed by atoms with Gasteiger partial charge in [0.15, 0.2) is 0 Å². The summed E-state index contributed by atoms with van der Waals surface area (Å²) in [6.07, 6.45) is 4.79. The average Bonchev–Trinajstić information content (AvgIpc) is 2.54. The lowest BCUT2D eigenvalue weighted by atomic mass is 10.1. The van der Waals surface area contributed by atoms with Gasteiger partial charge in [-0.05, 0) is 37.1 Å². The smallest absolute Gasteiger partial charge is 0.352 e. The number of nitrogens with one attached hydrogen (secondary N) is 1.